The van der Waals surface area contributed by atoms with Crippen molar-refractivity contribution in [2.45, 2.75) is 31.3 Å². The molecule has 3 aromatic carbocycles. The maximum Gasteiger partial charge on any atom is 0.264 e. The van der Waals surface area contributed by atoms with Crippen LogP contribution < -0.4 is 9.62 Å². The Balaban J connectivity index is 2.06. The number of hydrogen-bond donors (Lipinski definition) is 1. The molecule has 11 heteroatoms. The van der Waals surface area contributed by atoms with Gasteiger partial charge in [-0.15, -0.1) is 0 Å². The van der Waals surface area contributed by atoms with Crippen molar-refractivity contribution in [3.8, 4) is 0 Å². The first-order valence-electron chi connectivity index (χ1n) is 11.2. The Labute approximate surface area is 232 Å². The number of benzene rings is 3. The van der Waals surface area contributed by atoms with Crippen LogP contribution in [0.4, 0.5) is 5.69 Å². The normalized spacial score (nSPS) is 12.1. The largest absolute Gasteiger partial charge is 0.357 e. The van der Waals surface area contributed by atoms with E-state index < -0.39 is 34.4 Å². The van der Waals surface area contributed by atoms with Gasteiger partial charge in [0.2, 0.25) is 11.8 Å². The van der Waals surface area contributed by atoms with Gasteiger partial charge in [-0.25, -0.2) is 8.42 Å². The molecule has 1 atom stereocenters. The molecule has 0 spiro atoms. The van der Waals surface area contributed by atoms with Crippen molar-refractivity contribution in [1.82, 2.24) is 10.2 Å². The number of anilines is 1. The summed E-state index contributed by atoms with van der Waals surface area (Å²) in [7, 11) is -2.75. The van der Waals surface area contributed by atoms with Crippen LogP contribution in [0.1, 0.15) is 18.1 Å². The van der Waals surface area contributed by atoms with Gasteiger partial charge in [-0.05, 0) is 55.8 Å². The van der Waals surface area contributed by atoms with Crippen LogP contribution in [0.25, 0.3) is 0 Å². The highest BCUT2D eigenvalue weighted by molar-refractivity contribution is 7.92. The lowest BCUT2D eigenvalue weighted by atomic mass is 10.1. The standard InChI is InChI=1S/C26H26Cl3N3O4S/c1-17-8-12-21(13-9-17)37(35,36)32(24-7-5-4-6-22(24)28)16-25(33)31(18(2)26(34)30-3)15-19-10-11-20(27)14-23(19)29/h4-14,18H,15-16H2,1-3H3,(H,30,34)/t18-/m1/s1. The predicted molar refractivity (Wildman–Crippen MR) is 148 cm³/mol. The zero-order valence-electron chi connectivity index (χ0n) is 20.4. The number of nitrogens with one attached hydrogen (secondary N) is 1. The maximum atomic E-state index is 13.7. The molecule has 0 aliphatic heterocycles. The molecular weight excluding hydrogens is 557 g/mol. The van der Waals surface area contributed by atoms with Gasteiger partial charge < -0.3 is 10.2 Å². The number of nitrogens with zero attached hydrogens (tertiary/aromatic N) is 2. The van der Waals surface area contributed by atoms with Crippen LogP contribution in [0, 0.1) is 6.92 Å². The Hall–Kier alpha value is -2.78. The van der Waals surface area contributed by atoms with E-state index >= 15 is 0 Å². The summed E-state index contributed by atoms with van der Waals surface area (Å²) in [6.45, 7) is 2.73. The first-order valence-corrected chi connectivity index (χ1v) is 13.8. The third-order valence-electron chi connectivity index (χ3n) is 5.78. The molecular formula is C26H26Cl3N3O4S. The number of carbonyl (C=O) groups excluding carboxylic acids is 2. The first kappa shape index (κ1) is 28.8. The topological polar surface area (TPSA) is 86.8 Å². The molecule has 1 N–H and O–H groups in total. The van der Waals surface area contributed by atoms with Crippen LogP contribution >= 0.6 is 34.8 Å². The molecule has 0 fully saturated rings. The van der Waals surface area contributed by atoms with E-state index in [0.29, 0.717) is 15.6 Å². The second-order valence-electron chi connectivity index (χ2n) is 8.32. The SMILES string of the molecule is CNC(=O)[C@@H](C)N(Cc1ccc(Cl)cc1Cl)C(=O)CN(c1ccccc1Cl)S(=O)(=O)c1ccc(C)cc1. The van der Waals surface area contributed by atoms with E-state index in [0.717, 1.165) is 9.87 Å². The van der Waals surface area contributed by atoms with Gasteiger partial charge >= 0.3 is 0 Å². The smallest absolute Gasteiger partial charge is 0.264 e. The number of sulfonamides is 1. The molecule has 2 amide bonds. The summed E-state index contributed by atoms with van der Waals surface area (Å²) in [6.07, 6.45) is 0. The fraction of sp³-hybridized carbons (Fsp3) is 0.231. The summed E-state index contributed by atoms with van der Waals surface area (Å²) in [6, 6.07) is 16.5. The monoisotopic (exact) mass is 581 g/mol. The van der Waals surface area contributed by atoms with E-state index in [1.54, 1.807) is 43.3 Å². The van der Waals surface area contributed by atoms with Crippen molar-refractivity contribution in [2.24, 2.45) is 0 Å². The number of hydrogen-bond acceptors (Lipinski definition) is 4. The second-order valence-corrected chi connectivity index (χ2v) is 11.4. The van der Waals surface area contributed by atoms with Gasteiger partial charge in [-0.3, -0.25) is 13.9 Å². The average molecular weight is 583 g/mol. The van der Waals surface area contributed by atoms with Crippen LogP contribution in [0.2, 0.25) is 15.1 Å². The number of para-hydroxylation sites is 1. The van der Waals surface area contributed by atoms with Crippen molar-refractivity contribution < 1.29 is 18.0 Å². The molecule has 3 rings (SSSR count). The molecule has 0 heterocycles. The highest BCUT2D eigenvalue weighted by atomic mass is 35.5. The zero-order valence-corrected chi connectivity index (χ0v) is 23.5. The Bertz CT molecular complexity index is 1400. The van der Waals surface area contributed by atoms with Crippen LogP contribution in [-0.4, -0.2) is 44.8 Å². The molecule has 7 nitrogen and oxygen atoms in total. The number of rotatable bonds is 9. The number of halogens is 3. The molecule has 0 unspecified atom stereocenters. The van der Waals surface area contributed by atoms with Crippen molar-refractivity contribution in [1.29, 1.82) is 0 Å². The van der Waals surface area contributed by atoms with Crippen LogP contribution in [0.5, 0.6) is 0 Å². The second kappa shape index (κ2) is 12.2. The third kappa shape index (κ3) is 6.76. The minimum Gasteiger partial charge on any atom is -0.357 e. The number of likely N-dealkylation sites (N-methyl/N-ethyl adjacent to an activating group) is 1. The average Bonchev–Trinajstić information content (AvgIpc) is 2.86. The molecule has 0 aliphatic rings. The Morgan fingerprint density at radius 1 is 0.946 bits per heavy atom. The molecule has 0 saturated carbocycles. The first-order chi connectivity index (χ1) is 17.4. The van der Waals surface area contributed by atoms with Gasteiger partial charge in [0.15, 0.2) is 0 Å². The highest BCUT2D eigenvalue weighted by Gasteiger charge is 2.33. The van der Waals surface area contributed by atoms with E-state index in [1.807, 2.05) is 6.92 Å². The van der Waals surface area contributed by atoms with E-state index in [9.17, 15) is 18.0 Å². The predicted octanol–water partition coefficient (Wildman–Crippen LogP) is 5.31. The fourth-order valence-corrected chi connectivity index (χ4v) is 5.82. The maximum absolute atomic E-state index is 13.7. The molecule has 0 aliphatic carbocycles. The molecule has 0 radical (unpaired) electrons. The summed E-state index contributed by atoms with van der Waals surface area (Å²) in [4.78, 5) is 27.5. The highest BCUT2D eigenvalue weighted by Crippen LogP contribution is 2.31. The minimum atomic E-state index is -4.20. The lowest BCUT2D eigenvalue weighted by molar-refractivity contribution is -0.139. The van der Waals surface area contributed by atoms with E-state index in [-0.39, 0.29) is 22.2 Å². The molecule has 196 valence electrons. The Morgan fingerprint density at radius 3 is 2.19 bits per heavy atom. The van der Waals surface area contributed by atoms with E-state index in [1.165, 1.54) is 42.3 Å². The van der Waals surface area contributed by atoms with Gasteiger partial charge in [-0.1, -0.05) is 70.7 Å². The number of carbonyl (C=O) groups is 2. The molecule has 37 heavy (non-hydrogen) atoms. The number of amides is 2. The zero-order chi connectivity index (χ0) is 27.3. The summed E-state index contributed by atoms with van der Waals surface area (Å²) in [5.74, 6) is -1.05. The van der Waals surface area contributed by atoms with Crippen LogP contribution in [0.15, 0.2) is 71.6 Å². The van der Waals surface area contributed by atoms with Gasteiger partial charge in [0.1, 0.15) is 12.6 Å². The summed E-state index contributed by atoms with van der Waals surface area (Å²) < 4.78 is 28.4. The lowest BCUT2D eigenvalue weighted by Crippen LogP contribution is -2.50. The van der Waals surface area contributed by atoms with Gasteiger partial charge in [0, 0.05) is 23.6 Å². The summed E-state index contributed by atoms with van der Waals surface area (Å²) in [5.41, 5.74) is 1.56. The van der Waals surface area contributed by atoms with Crippen molar-refractivity contribution in [3.05, 3.63) is 92.9 Å². The summed E-state index contributed by atoms with van der Waals surface area (Å²) in [5, 5.41) is 3.40. The molecule has 0 saturated heterocycles. The molecule has 0 aromatic heterocycles. The van der Waals surface area contributed by atoms with Crippen molar-refractivity contribution in [2.75, 3.05) is 17.9 Å². The van der Waals surface area contributed by atoms with Gasteiger partial charge in [0.05, 0.1) is 15.6 Å². The molecule has 3 aromatic rings. The van der Waals surface area contributed by atoms with Crippen LogP contribution in [-0.2, 0) is 26.2 Å². The lowest BCUT2D eigenvalue weighted by Gasteiger charge is -2.32. The Kier molecular flexibility index (Phi) is 9.47. The van der Waals surface area contributed by atoms with E-state index in [4.69, 9.17) is 34.8 Å². The number of aryl methyl sites for hydroxylation is 1. The third-order valence-corrected chi connectivity index (χ3v) is 8.46. The Morgan fingerprint density at radius 2 is 1.59 bits per heavy atom. The summed E-state index contributed by atoms with van der Waals surface area (Å²) >= 11 is 18.7. The van der Waals surface area contributed by atoms with Crippen LogP contribution in [0.3, 0.4) is 0 Å². The quantitative estimate of drug-likeness (QED) is 0.370. The van der Waals surface area contributed by atoms with E-state index in [2.05, 4.69) is 5.32 Å². The fourth-order valence-electron chi connectivity index (χ4n) is 3.63. The van der Waals surface area contributed by atoms with Gasteiger partial charge in [0.25, 0.3) is 10.0 Å². The minimum absolute atomic E-state index is 0.00235. The van der Waals surface area contributed by atoms with Crippen molar-refractivity contribution in [3.63, 3.8) is 0 Å². The van der Waals surface area contributed by atoms with Gasteiger partial charge in [-0.2, -0.15) is 0 Å². The molecule has 0 bridgehead atoms. The van der Waals surface area contributed by atoms with Crippen molar-refractivity contribution >= 4 is 62.3 Å².